The van der Waals surface area contributed by atoms with E-state index >= 15 is 0 Å². The molecule has 0 unspecified atom stereocenters. The molecule has 4 nitrogen and oxygen atoms in total. The van der Waals surface area contributed by atoms with Crippen LogP contribution in [0.3, 0.4) is 0 Å². The number of carbonyl (C=O) groups is 1. The Morgan fingerprint density at radius 1 is 1.16 bits per heavy atom. The van der Waals surface area contributed by atoms with Crippen LogP contribution in [0.25, 0.3) is 0 Å². The van der Waals surface area contributed by atoms with Crippen molar-refractivity contribution < 1.29 is 4.79 Å². The molecule has 25 heavy (non-hydrogen) atoms. The van der Waals surface area contributed by atoms with Crippen LogP contribution in [0.15, 0.2) is 48.5 Å². The quantitative estimate of drug-likeness (QED) is 0.816. The van der Waals surface area contributed by atoms with Gasteiger partial charge in [-0.1, -0.05) is 36.4 Å². The number of nitrogens with zero attached hydrogens (tertiary/aromatic N) is 1. The van der Waals surface area contributed by atoms with Crippen molar-refractivity contribution in [3.05, 3.63) is 70.8 Å². The van der Waals surface area contributed by atoms with Crippen LogP contribution in [0.2, 0.25) is 0 Å². The van der Waals surface area contributed by atoms with Crippen molar-refractivity contribution in [2.24, 2.45) is 0 Å². The van der Waals surface area contributed by atoms with Crippen LogP contribution in [-0.4, -0.2) is 38.0 Å². The van der Waals surface area contributed by atoms with E-state index in [9.17, 15) is 4.79 Å². The first-order valence-corrected chi connectivity index (χ1v) is 8.96. The molecule has 0 saturated carbocycles. The highest BCUT2D eigenvalue weighted by Gasteiger charge is 2.21. The van der Waals surface area contributed by atoms with E-state index in [2.05, 4.69) is 45.9 Å². The summed E-state index contributed by atoms with van der Waals surface area (Å²) in [4.78, 5) is 14.3. The number of hydrogen-bond donors (Lipinski definition) is 2. The first kappa shape index (κ1) is 17.6. The van der Waals surface area contributed by atoms with E-state index in [0.717, 1.165) is 37.1 Å². The maximum atomic E-state index is 12.3. The maximum Gasteiger partial charge on any atom is 0.251 e. The zero-order valence-electron chi connectivity index (χ0n) is 15.1. The molecule has 1 aliphatic carbocycles. The normalized spacial score (nSPS) is 16.0. The first-order chi connectivity index (χ1) is 12.1. The van der Waals surface area contributed by atoms with E-state index in [1.165, 1.54) is 11.1 Å². The van der Waals surface area contributed by atoms with Gasteiger partial charge in [-0.3, -0.25) is 4.79 Å². The lowest BCUT2D eigenvalue weighted by molar-refractivity contribution is 0.0951. The summed E-state index contributed by atoms with van der Waals surface area (Å²) in [5.41, 5.74) is 4.74. The van der Waals surface area contributed by atoms with Crippen molar-refractivity contribution in [2.45, 2.75) is 25.4 Å². The van der Waals surface area contributed by atoms with Crippen molar-refractivity contribution in [3.63, 3.8) is 0 Å². The number of hydrogen-bond acceptors (Lipinski definition) is 3. The van der Waals surface area contributed by atoms with Gasteiger partial charge in [0.05, 0.1) is 0 Å². The average molecular weight is 337 g/mol. The predicted octanol–water partition coefficient (Wildman–Crippen LogP) is 2.76. The van der Waals surface area contributed by atoms with Gasteiger partial charge in [-0.25, -0.2) is 0 Å². The number of benzene rings is 2. The lowest BCUT2D eigenvalue weighted by Crippen LogP contribution is -2.31. The minimum absolute atomic E-state index is 0.00471. The van der Waals surface area contributed by atoms with Crippen LogP contribution in [0, 0.1) is 0 Å². The fraction of sp³-hybridized carbons (Fsp3) is 0.381. The minimum atomic E-state index is -0.00471. The van der Waals surface area contributed by atoms with Crippen LogP contribution in [0.4, 0.5) is 0 Å². The molecule has 0 radical (unpaired) electrons. The highest BCUT2D eigenvalue weighted by Crippen LogP contribution is 2.30. The van der Waals surface area contributed by atoms with Crippen LogP contribution < -0.4 is 10.6 Å². The zero-order chi connectivity index (χ0) is 17.6. The molecule has 0 aromatic heterocycles. The van der Waals surface area contributed by atoms with Crippen molar-refractivity contribution in [2.75, 3.05) is 27.2 Å². The van der Waals surface area contributed by atoms with Gasteiger partial charge in [0.2, 0.25) is 0 Å². The van der Waals surface area contributed by atoms with Crippen molar-refractivity contribution in [1.29, 1.82) is 0 Å². The molecule has 4 heteroatoms. The van der Waals surface area contributed by atoms with Crippen molar-refractivity contribution in [1.82, 2.24) is 15.5 Å². The van der Waals surface area contributed by atoms with E-state index in [-0.39, 0.29) is 5.91 Å². The molecule has 0 saturated heterocycles. The topological polar surface area (TPSA) is 44.4 Å². The Kier molecular flexibility index (Phi) is 5.84. The smallest absolute Gasteiger partial charge is 0.251 e. The molecule has 1 atom stereocenters. The molecule has 2 aromatic rings. The molecule has 132 valence electrons. The summed E-state index contributed by atoms with van der Waals surface area (Å²) in [6, 6.07) is 17.0. The Morgan fingerprint density at radius 2 is 2.00 bits per heavy atom. The predicted molar refractivity (Wildman–Crippen MR) is 102 cm³/mol. The second kappa shape index (κ2) is 8.28. The summed E-state index contributed by atoms with van der Waals surface area (Å²) in [5, 5.41) is 6.61. The van der Waals surface area contributed by atoms with Gasteiger partial charge in [-0.2, -0.15) is 0 Å². The Bertz CT molecular complexity index is 727. The fourth-order valence-electron chi connectivity index (χ4n) is 3.33. The molecular weight excluding hydrogens is 310 g/mol. The third-order valence-corrected chi connectivity index (χ3v) is 4.72. The van der Waals surface area contributed by atoms with Gasteiger partial charge in [0.1, 0.15) is 0 Å². The second-order valence-electron chi connectivity index (χ2n) is 6.93. The second-order valence-corrected chi connectivity index (χ2v) is 6.93. The van der Waals surface area contributed by atoms with E-state index in [4.69, 9.17) is 0 Å². The summed E-state index contributed by atoms with van der Waals surface area (Å²) in [5.74, 6) is -0.00471. The maximum absolute atomic E-state index is 12.3. The fourth-order valence-corrected chi connectivity index (χ4v) is 3.33. The monoisotopic (exact) mass is 337 g/mol. The van der Waals surface area contributed by atoms with Crippen molar-refractivity contribution in [3.8, 4) is 0 Å². The standard InChI is InChI=1S/C21H27N3O/c1-24(2)13-12-22-21(25)18-8-5-6-16(14-18)15-23-20-11-10-17-7-3-4-9-19(17)20/h3-9,14,20,23H,10-13,15H2,1-2H3,(H,22,25)/t20-/m0/s1. The van der Waals surface area contributed by atoms with Gasteiger partial charge in [-0.15, -0.1) is 0 Å². The van der Waals surface area contributed by atoms with E-state index < -0.39 is 0 Å². The Labute approximate surface area is 150 Å². The Hall–Kier alpha value is -2.17. The Morgan fingerprint density at radius 3 is 2.84 bits per heavy atom. The number of likely N-dealkylation sites (N-methyl/N-ethyl adjacent to an activating group) is 1. The molecule has 0 bridgehead atoms. The van der Waals surface area contributed by atoms with Gasteiger partial charge in [0, 0.05) is 31.2 Å². The third kappa shape index (κ3) is 4.68. The molecule has 1 amide bonds. The molecular formula is C21H27N3O. The number of rotatable bonds is 7. The van der Waals surface area contributed by atoms with Gasteiger partial charge >= 0.3 is 0 Å². The van der Waals surface area contributed by atoms with Gasteiger partial charge < -0.3 is 15.5 Å². The third-order valence-electron chi connectivity index (χ3n) is 4.72. The zero-order valence-corrected chi connectivity index (χ0v) is 15.1. The summed E-state index contributed by atoms with van der Waals surface area (Å²) >= 11 is 0. The average Bonchev–Trinajstić information content (AvgIpc) is 3.03. The number of fused-ring (bicyclic) bond motifs is 1. The minimum Gasteiger partial charge on any atom is -0.351 e. The molecule has 0 fully saturated rings. The highest BCUT2D eigenvalue weighted by atomic mass is 16.1. The number of nitrogens with one attached hydrogen (secondary N) is 2. The van der Waals surface area contributed by atoms with E-state index in [0.29, 0.717) is 12.6 Å². The van der Waals surface area contributed by atoms with Gasteiger partial charge in [0.15, 0.2) is 0 Å². The number of aryl methyl sites for hydroxylation is 1. The molecule has 0 heterocycles. The molecule has 2 aromatic carbocycles. The molecule has 2 N–H and O–H groups in total. The van der Waals surface area contributed by atoms with Crippen molar-refractivity contribution >= 4 is 5.91 Å². The summed E-state index contributed by atoms with van der Waals surface area (Å²) in [7, 11) is 4.00. The molecule has 0 aliphatic heterocycles. The van der Waals surface area contributed by atoms with Crippen LogP contribution >= 0.6 is 0 Å². The number of amides is 1. The lowest BCUT2D eigenvalue weighted by atomic mass is 10.1. The molecule has 3 rings (SSSR count). The van der Waals surface area contributed by atoms with Crippen LogP contribution in [0.5, 0.6) is 0 Å². The summed E-state index contributed by atoms with van der Waals surface area (Å²) in [6.07, 6.45) is 2.28. The van der Waals surface area contributed by atoms with E-state index in [1.54, 1.807) is 0 Å². The van der Waals surface area contributed by atoms with Crippen LogP contribution in [-0.2, 0) is 13.0 Å². The van der Waals surface area contributed by atoms with Gasteiger partial charge in [-0.05, 0) is 55.8 Å². The largest absolute Gasteiger partial charge is 0.351 e. The summed E-state index contributed by atoms with van der Waals surface area (Å²) < 4.78 is 0. The van der Waals surface area contributed by atoms with Gasteiger partial charge in [0.25, 0.3) is 5.91 Å². The van der Waals surface area contributed by atoms with E-state index in [1.807, 2.05) is 32.3 Å². The summed E-state index contributed by atoms with van der Waals surface area (Å²) in [6.45, 7) is 2.28. The highest BCUT2D eigenvalue weighted by molar-refractivity contribution is 5.94. The molecule has 0 spiro atoms. The first-order valence-electron chi connectivity index (χ1n) is 8.96. The SMILES string of the molecule is CN(C)CCNC(=O)c1cccc(CN[C@H]2CCc3ccccc32)c1. The molecule has 1 aliphatic rings. The van der Waals surface area contributed by atoms with Crippen LogP contribution in [0.1, 0.15) is 39.5 Å². The number of carbonyl (C=O) groups excluding carboxylic acids is 1. The Balaban J connectivity index is 1.56. The lowest BCUT2D eigenvalue weighted by Gasteiger charge is -2.15.